The average Bonchev–Trinajstić information content (AvgIpc) is 3.31. The third-order valence-corrected chi connectivity index (χ3v) is 7.90. The molecule has 1 aliphatic rings. The second-order valence-corrected chi connectivity index (χ2v) is 11.5. The van der Waals surface area contributed by atoms with Gasteiger partial charge in [-0.25, -0.2) is 9.37 Å². The Balaban J connectivity index is 1.36. The summed E-state index contributed by atoms with van der Waals surface area (Å²) in [4.78, 5) is 10.5. The molecular formula is C29H30Cl2FN7O. The number of nitrogens with zero attached hydrogens (tertiary/aromatic N) is 5. The molecule has 0 bridgehead atoms. The summed E-state index contributed by atoms with van der Waals surface area (Å²) in [5.74, 6) is 0.855. The van der Waals surface area contributed by atoms with Crippen LogP contribution in [-0.2, 0) is 0 Å². The number of rotatable bonds is 9. The Morgan fingerprint density at radius 2 is 1.98 bits per heavy atom. The van der Waals surface area contributed by atoms with Gasteiger partial charge in [-0.3, -0.25) is 10.1 Å². The highest BCUT2D eigenvalue weighted by molar-refractivity contribution is 6.36. The van der Waals surface area contributed by atoms with Crippen molar-refractivity contribution in [3.63, 3.8) is 0 Å². The van der Waals surface area contributed by atoms with Gasteiger partial charge >= 0.3 is 0 Å². The number of H-pyrrole nitrogens is 1. The minimum atomic E-state index is -0.443. The van der Waals surface area contributed by atoms with Gasteiger partial charge in [0.25, 0.3) is 0 Å². The Labute approximate surface area is 242 Å². The summed E-state index contributed by atoms with van der Waals surface area (Å²) in [5.41, 5.74) is 2.85. The topological polar surface area (TPSA) is 103 Å². The summed E-state index contributed by atoms with van der Waals surface area (Å²) in [6, 6.07) is 9.22. The van der Waals surface area contributed by atoms with E-state index in [-0.39, 0.29) is 11.4 Å². The number of halogens is 3. The minimum absolute atomic E-state index is 0.266. The first-order chi connectivity index (χ1) is 19.1. The fourth-order valence-electron chi connectivity index (χ4n) is 4.99. The zero-order valence-corrected chi connectivity index (χ0v) is 24.2. The van der Waals surface area contributed by atoms with Crippen LogP contribution in [0.25, 0.3) is 22.2 Å². The monoisotopic (exact) mass is 581 g/mol. The number of ether oxygens (including phenoxy) is 1. The molecule has 3 aromatic heterocycles. The molecule has 1 fully saturated rings. The Hall–Kier alpha value is -3.45. The Morgan fingerprint density at radius 3 is 2.67 bits per heavy atom. The molecule has 0 saturated carbocycles. The van der Waals surface area contributed by atoms with Crippen LogP contribution in [0.4, 0.5) is 10.2 Å². The fraction of sp³-hybridized carbons (Fsp3) is 0.379. The van der Waals surface area contributed by atoms with Gasteiger partial charge in [0.2, 0.25) is 0 Å². The number of aryl methyl sites for hydroxylation is 1. The molecule has 1 aliphatic heterocycles. The van der Waals surface area contributed by atoms with E-state index in [1.807, 2.05) is 36.9 Å². The van der Waals surface area contributed by atoms with E-state index in [1.54, 1.807) is 12.4 Å². The van der Waals surface area contributed by atoms with E-state index >= 15 is 4.39 Å². The summed E-state index contributed by atoms with van der Waals surface area (Å²) in [5, 5.41) is 21.9. The second-order valence-electron chi connectivity index (χ2n) is 10.7. The van der Waals surface area contributed by atoms with E-state index in [9.17, 15) is 5.26 Å². The van der Waals surface area contributed by atoms with Gasteiger partial charge in [-0.15, -0.1) is 0 Å². The van der Waals surface area contributed by atoms with E-state index in [0.717, 1.165) is 17.4 Å². The van der Waals surface area contributed by atoms with Gasteiger partial charge in [0.1, 0.15) is 17.5 Å². The number of pyridine rings is 2. The Kier molecular flexibility index (Phi) is 7.87. The summed E-state index contributed by atoms with van der Waals surface area (Å²) in [7, 11) is 0. The van der Waals surface area contributed by atoms with E-state index in [2.05, 4.69) is 45.4 Å². The molecule has 1 saturated heterocycles. The largest absolute Gasteiger partial charge is 0.486 e. The SMILES string of the molecule is Cc1ncc(Cl)c([C@@H](C)Oc2ccc3[nH]nc(-c4cnc(N5CC(CC#N)(NCC(C)C)C5)c(F)c4)c3c2)c1Cl. The highest BCUT2D eigenvalue weighted by Crippen LogP contribution is 2.37. The lowest BCUT2D eigenvalue weighted by Gasteiger charge is -2.50. The molecule has 0 unspecified atom stereocenters. The van der Waals surface area contributed by atoms with Gasteiger partial charge < -0.3 is 15.0 Å². The lowest BCUT2D eigenvalue weighted by Crippen LogP contribution is -2.70. The van der Waals surface area contributed by atoms with Crippen molar-refractivity contribution in [2.75, 3.05) is 24.5 Å². The summed E-state index contributed by atoms with van der Waals surface area (Å²) in [6.07, 6.45) is 3.10. The first-order valence-corrected chi connectivity index (χ1v) is 13.8. The summed E-state index contributed by atoms with van der Waals surface area (Å²) >= 11 is 12.8. The van der Waals surface area contributed by atoms with Gasteiger partial charge in [0, 0.05) is 42.0 Å². The van der Waals surface area contributed by atoms with Gasteiger partial charge in [-0.05, 0) is 50.6 Å². The van der Waals surface area contributed by atoms with Crippen LogP contribution >= 0.6 is 23.2 Å². The molecule has 40 heavy (non-hydrogen) atoms. The fourth-order valence-corrected chi connectivity index (χ4v) is 5.64. The highest BCUT2D eigenvalue weighted by atomic mass is 35.5. The van der Waals surface area contributed by atoms with Crippen molar-refractivity contribution < 1.29 is 9.13 Å². The second kappa shape index (κ2) is 11.2. The zero-order chi connectivity index (χ0) is 28.6. The standard InChI is InChI=1S/C29H30Cl2FN7O/c1-16(2)11-36-29(7-8-33)14-39(15-29)28-23(32)9-19(12-35-28)27-21-10-20(5-6-24(21)37-38-27)40-18(4)25-22(30)13-34-17(3)26(25)31/h5-6,9-10,12-13,16,18,36H,7,11,14-15H2,1-4H3,(H,37,38)/t18-/m1/s1. The Bertz CT molecular complexity index is 1590. The quantitative estimate of drug-likeness (QED) is 0.228. The number of aromatic amines is 1. The number of hydrogen-bond acceptors (Lipinski definition) is 7. The van der Waals surface area contributed by atoms with Crippen LogP contribution in [-0.4, -0.2) is 45.3 Å². The number of hydrogen-bond donors (Lipinski definition) is 2. The molecule has 4 heterocycles. The van der Waals surface area contributed by atoms with Gasteiger partial charge in [0.05, 0.1) is 39.3 Å². The van der Waals surface area contributed by atoms with Crippen LogP contribution in [0.5, 0.6) is 5.75 Å². The molecular weight excluding hydrogens is 552 g/mol. The third-order valence-electron chi connectivity index (χ3n) is 7.12. The highest BCUT2D eigenvalue weighted by Gasteiger charge is 2.44. The third kappa shape index (κ3) is 5.44. The minimum Gasteiger partial charge on any atom is -0.486 e. The molecule has 8 nitrogen and oxygen atoms in total. The van der Waals surface area contributed by atoms with Crippen LogP contribution in [0, 0.1) is 30.0 Å². The lowest BCUT2D eigenvalue weighted by atomic mass is 9.86. The molecule has 11 heteroatoms. The van der Waals surface area contributed by atoms with Crippen molar-refractivity contribution in [2.24, 2.45) is 5.92 Å². The van der Waals surface area contributed by atoms with Crippen molar-refractivity contribution in [2.45, 2.75) is 45.8 Å². The zero-order valence-electron chi connectivity index (χ0n) is 22.7. The van der Waals surface area contributed by atoms with Crippen LogP contribution in [0.3, 0.4) is 0 Å². The van der Waals surface area contributed by atoms with Gasteiger partial charge in [0.15, 0.2) is 11.6 Å². The predicted molar refractivity (Wildman–Crippen MR) is 155 cm³/mol. The number of benzene rings is 1. The molecule has 0 spiro atoms. The number of nitrogens with one attached hydrogen (secondary N) is 2. The summed E-state index contributed by atoms with van der Waals surface area (Å²) < 4.78 is 21.5. The first-order valence-electron chi connectivity index (χ1n) is 13.1. The van der Waals surface area contributed by atoms with Crippen molar-refractivity contribution in [1.29, 1.82) is 5.26 Å². The van der Waals surface area contributed by atoms with Crippen LogP contribution in [0.15, 0.2) is 36.7 Å². The molecule has 0 aliphatic carbocycles. The van der Waals surface area contributed by atoms with Crippen molar-refractivity contribution in [3.8, 4) is 23.1 Å². The molecule has 5 rings (SSSR count). The number of aromatic nitrogens is 4. The van der Waals surface area contributed by atoms with Crippen LogP contribution in [0.2, 0.25) is 10.0 Å². The van der Waals surface area contributed by atoms with Crippen molar-refractivity contribution in [3.05, 3.63) is 63.8 Å². The smallest absolute Gasteiger partial charge is 0.166 e. The number of fused-ring (bicyclic) bond motifs is 1. The molecule has 0 radical (unpaired) electrons. The maximum absolute atomic E-state index is 15.3. The molecule has 4 aromatic rings. The molecule has 1 aromatic carbocycles. The van der Waals surface area contributed by atoms with Gasteiger partial charge in [-0.1, -0.05) is 37.0 Å². The molecule has 0 amide bonds. The van der Waals surface area contributed by atoms with E-state index in [1.165, 1.54) is 6.07 Å². The number of anilines is 1. The predicted octanol–water partition coefficient (Wildman–Crippen LogP) is 6.63. The molecule has 1 atom stereocenters. The first kappa shape index (κ1) is 28.1. The van der Waals surface area contributed by atoms with E-state index < -0.39 is 11.9 Å². The van der Waals surface area contributed by atoms with Gasteiger partial charge in [-0.2, -0.15) is 10.4 Å². The summed E-state index contributed by atoms with van der Waals surface area (Å²) in [6.45, 7) is 9.74. The van der Waals surface area contributed by atoms with Crippen LogP contribution in [0.1, 0.15) is 44.6 Å². The normalized spacial score (nSPS) is 15.2. The molecule has 208 valence electrons. The molecule has 2 N–H and O–H groups in total. The lowest BCUT2D eigenvalue weighted by molar-refractivity contribution is 0.227. The average molecular weight is 583 g/mol. The van der Waals surface area contributed by atoms with E-state index in [4.69, 9.17) is 27.9 Å². The maximum Gasteiger partial charge on any atom is 0.166 e. The van der Waals surface area contributed by atoms with Crippen LogP contribution < -0.4 is 15.0 Å². The Morgan fingerprint density at radius 1 is 1.20 bits per heavy atom. The van der Waals surface area contributed by atoms with Crippen molar-refractivity contribution in [1.82, 2.24) is 25.5 Å². The van der Waals surface area contributed by atoms with E-state index in [0.29, 0.717) is 63.7 Å². The maximum atomic E-state index is 15.3. The van der Waals surface area contributed by atoms with Crippen molar-refractivity contribution >= 4 is 39.9 Å². The number of nitriles is 1.